The minimum Gasteiger partial charge on any atom is -0.398 e. The highest BCUT2D eigenvalue weighted by Gasteiger charge is 2.19. The fourth-order valence-corrected chi connectivity index (χ4v) is 1.88. The summed E-state index contributed by atoms with van der Waals surface area (Å²) >= 11 is 0. The summed E-state index contributed by atoms with van der Waals surface area (Å²) in [7, 11) is 0. The number of anilines is 2. The van der Waals surface area contributed by atoms with Crippen LogP contribution in [-0.4, -0.2) is 41.7 Å². The number of hydrogen-bond donors (Lipinski definition) is 3. The van der Waals surface area contributed by atoms with Gasteiger partial charge in [0.1, 0.15) is 0 Å². The van der Waals surface area contributed by atoms with Crippen molar-refractivity contribution in [1.82, 2.24) is 4.90 Å². The maximum atomic E-state index is 12.1. The zero-order valence-corrected chi connectivity index (χ0v) is 11.8. The van der Waals surface area contributed by atoms with Crippen molar-refractivity contribution in [3.05, 3.63) is 23.8 Å². The number of likely N-dealkylation sites (N-methyl/N-ethyl adjacent to an activating group) is 1. The number of carbonyl (C=O) groups is 1. The molecule has 0 radical (unpaired) electrons. The van der Waals surface area contributed by atoms with Crippen molar-refractivity contribution in [2.24, 2.45) is 0 Å². The number of nitrogen functional groups attached to an aromatic ring is 1. The molecule has 0 bridgehead atoms. The second-order valence-corrected chi connectivity index (χ2v) is 4.59. The fraction of sp³-hybridized carbons (Fsp3) is 0.500. The Morgan fingerprint density at radius 2 is 2.21 bits per heavy atom. The topological polar surface area (TPSA) is 78.6 Å². The lowest BCUT2D eigenvalue weighted by molar-refractivity contribution is -0.120. The maximum absolute atomic E-state index is 12.1. The summed E-state index contributed by atoms with van der Waals surface area (Å²) in [4.78, 5) is 14.0. The summed E-state index contributed by atoms with van der Waals surface area (Å²) in [5.41, 5.74) is 8.15. The molecule has 1 aromatic carbocycles. The predicted molar refractivity (Wildman–Crippen MR) is 78.0 cm³/mol. The quantitative estimate of drug-likeness (QED) is 0.676. The molecule has 19 heavy (non-hydrogen) atoms. The van der Waals surface area contributed by atoms with Gasteiger partial charge in [-0.15, -0.1) is 0 Å². The Morgan fingerprint density at radius 3 is 2.74 bits per heavy atom. The van der Waals surface area contributed by atoms with Gasteiger partial charge in [-0.2, -0.15) is 0 Å². The van der Waals surface area contributed by atoms with E-state index in [0.29, 0.717) is 24.5 Å². The molecule has 0 saturated carbocycles. The lowest BCUT2D eigenvalue weighted by Crippen LogP contribution is -2.43. The monoisotopic (exact) mass is 265 g/mol. The molecule has 0 aliphatic rings. The van der Waals surface area contributed by atoms with E-state index in [2.05, 4.69) is 5.32 Å². The smallest absolute Gasteiger partial charge is 0.241 e. The maximum Gasteiger partial charge on any atom is 0.241 e. The molecule has 0 aliphatic heterocycles. The molecule has 0 spiro atoms. The summed E-state index contributed by atoms with van der Waals surface area (Å²) in [5.74, 6) is -0.0986. The molecular formula is C14H23N3O2. The van der Waals surface area contributed by atoms with E-state index in [-0.39, 0.29) is 18.6 Å². The van der Waals surface area contributed by atoms with Crippen LogP contribution < -0.4 is 11.1 Å². The average Bonchev–Trinajstić information content (AvgIpc) is 2.39. The van der Waals surface area contributed by atoms with E-state index in [9.17, 15) is 4.79 Å². The van der Waals surface area contributed by atoms with Gasteiger partial charge >= 0.3 is 0 Å². The molecule has 1 unspecified atom stereocenters. The number of nitrogens with one attached hydrogen (secondary N) is 1. The minimum absolute atomic E-state index is 0.0446. The number of nitrogens with two attached hydrogens (primary N) is 1. The number of nitrogens with zero attached hydrogens (tertiary/aromatic N) is 1. The average molecular weight is 265 g/mol. The van der Waals surface area contributed by atoms with Gasteiger partial charge in [0.15, 0.2) is 0 Å². The standard InChI is InChI=1S/C14H23N3O2/c1-4-17(7-8-18)11(3)14(19)16-12-6-5-10(2)13(15)9-12/h5-6,9,11,18H,4,7-8,15H2,1-3H3,(H,16,19). The molecule has 5 nitrogen and oxygen atoms in total. The van der Waals surface area contributed by atoms with Gasteiger partial charge in [0.25, 0.3) is 0 Å². The van der Waals surface area contributed by atoms with Crippen LogP contribution >= 0.6 is 0 Å². The van der Waals surface area contributed by atoms with E-state index in [4.69, 9.17) is 10.8 Å². The molecule has 5 heteroatoms. The predicted octanol–water partition coefficient (Wildman–Crippen LogP) is 1.22. The number of amides is 1. The molecule has 1 rings (SSSR count). The van der Waals surface area contributed by atoms with Gasteiger partial charge in [0.2, 0.25) is 5.91 Å². The first-order chi connectivity index (χ1) is 8.99. The van der Waals surface area contributed by atoms with Crippen molar-refractivity contribution in [2.75, 3.05) is 30.7 Å². The molecule has 1 aromatic rings. The summed E-state index contributed by atoms with van der Waals surface area (Å²) in [6.07, 6.45) is 0. The number of aryl methyl sites for hydroxylation is 1. The third-order valence-corrected chi connectivity index (χ3v) is 3.27. The highest BCUT2D eigenvalue weighted by atomic mass is 16.3. The van der Waals surface area contributed by atoms with Crippen LogP contribution in [0, 0.1) is 6.92 Å². The number of carbonyl (C=O) groups excluding carboxylic acids is 1. The SMILES string of the molecule is CCN(CCO)C(C)C(=O)Nc1ccc(C)c(N)c1. The summed E-state index contributed by atoms with van der Waals surface area (Å²) in [6.45, 7) is 6.95. The Kier molecular flexibility index (Phi) is 5.79. The van der Waals surface area contributed by atoms with E-state index in [0.717, 1.165) is 5.56 Å². The van der Waals surface area contributed by atoms with Crippen molar-refractivity contribution in [1.29, 1.82) is 0 Å². The van der Waals surface area contributed by atoms with E-state index < -0.39 is 0 Å². The molecule has 0 aliphatic carbocycles. The molecule has 106 valence electrons. The molecule has 0 aromatic heterocycles. The Hall–Kier alpha value is -1.59. The number of hydrogen-bond acceptors (Lipinski definition) is 4. The highest BCUT2D eigenvalue weighted by Crippen LogP contribution is 2.17. The van der Waals surface area contributed by atoms with Crippen molar-refractivity contribution in [2.45, 2.75) is 26.8 Å². The third-order valence-electron chi connectivity index (χ3n) is 3.27. The summed E-state index contributed by atoms with van der Waals surface area (Å²) in [5, 5.41) is 11.8. The number of aliphatic hydroxyl groups excluding tert-OH is 1. The van der Waals surface area contributed by atoms with Gasteiger partial charge in [-0.1, -0.05) is 13.0 Å². The molecule has 1 atom stereocenters. The van der Waals surface area contributed by atoms with Gasteiger partial charge in [0.05, 0.1) is 12.6 Å². The molecule has 1 amide bonds. The number of rotatable bonds is 6. The lowest BCUT2D eigenvalue weighted by atomic mass is 10.1. The Morgan fingerprint density at radius 1 is 1.53 bits per heavy atom. The van der Waals surface area contributed by atoms with Crippen LogP contribution in [0.25, 0.3) is 0 Å². The molecule has 4 N–H and O–H groups in total. The van der Waals surface area contributed by atoms with Crippen molar-refractivity contribution in [3.63, 3.8) is 0 Å². The van der Waals surface area contributed by atoms with Gasteiger partial charge < -0.3 is 16.2 Å². The first kappa shape index (κ1) is 15.5. The van der Waals surface area contributed by atoms with Crippen LogP contribution in [0.2, 0.25) is 0 Å². The highest BCUT2D eigenvalue weighted by molar-refractivity contribution is 5.95. The molecule has 0 fully saturated rings. The minimum atomic E-state index is -0.292. The molecule has 0 saturated heterocycles. The van der Waals surface area contributed by atoms with E-state index in [1.807, 2.05) is 37.8 Å². The first-order valence-corrected chi connectivity index (χ1v) is 6.51. The van der Waals surface area contributed by atoms with Crippen LogP contribution in [-0.2, 0) is 4.79 Å². The lowest BCUT2D eigenvalue weighted by Gasteiger charge is -2.26. The van der Waals surface area contributed by atoms with Gasteiger partial charge in [-0.05, 0) is 38.1 Å². The largest absolute Gasteiger partial charge is 0.398 e. The van der Waals surface area contributed by atoms with Crippen LogP contribution in [0.4, 0.5) is 11.4 Å². The van der Waals surface area contributed by atoms with Crippen molar-refractivity contribution < 1.29 is 9.90 Å². The van der Waals surface area contributed by atoms with E-state index in [1.165, 1.54) is 0 Å². The second-order valence-electron chi connectivity index (χ2n) is 4.59. The van der Waals surface area contributed by atoms with Crippen molar-refractivity contribution >= 4 is 17.3 Å². The number of aliphatic hydroxyl groups is 1. The van der Waals surface area contributed by atoms with Crippen LogP contribution in [0.15, 0.2) is 18.2 Å². The Bertz CT molecular complexity index is 435. The molecular weight excluding hydrogens is 242 g/mol. The second kappa shape index (κ2) is 7.11. The summed E-state index contributed by atoms with van der Waals surface area (Å²) in [6, 6.07) is 5.17. The van der Waals surface area contributed by atoms with E-state index in [1.54, 1.807) is 6.07 Å². The third kappa shape index (κ3) is 4.22. The Labute approximate surface area is 114 Å². The van der Waals surface area contributed by atoms with Crippen molar-refractivity contribution in [3.8, 4) is 0 Å². The fourth-order valence-electron chi connectivity index (χ4n) is 1.88. The molecule has 0 heterocycles. The zero-order chi connectivity index (χ0) is 14.4. The zero-order valence-electron chi connectivity index (χ0n) is 11.8. The van der Waals surface area contributed by atoms with Crippen LogP contribution in [0.5, 0.6) is 0 Å². The van der Waals surface area contributed by atoms with Crippen LogP contribution in [0.3, 0.4) is 0 Å². The van der Waals surface area contributed by atoms with Gasteiger partial charge in [0, 0.05) is 17.9 Å². The summed E-state index contributed by atoms with van der Waals surface area (Å²) < 4.78 is 0. The van der Waals surface area contributed by atoms with E-state index >= 15 is 0 Å². The number of benzene rings is 1. The van der Waals surface area contributed by atoms with Gasteiger partial charge in [-0.25, -0.2) is 0 Å². The first-order valence-electron chi connectivity index (χ1n) is 6.51. The Balaban J connectivity index is 2.70. The normalized spacial score (nSPS) is 12.5. The van der Waals surface area contributed by atoms with Crippen LogP contribution in [0.1, 0.15) is 19.4 Å². The van der Waals surface area contributed by atoms with Gasteiger partial charge in [-0.3, -0.25) is 9.69 Å².